The molecule has 0 bridgehead atoms. The third kappa shape index (κ3) is 5.56. The van der Waals surface area contributed by atoms with Crippen LogP contribution in [0.5, 0.6) is 0 Å². The predicted molar refractivity (Wildman–Crippen MR) is 69.3 cm³/mol. The monoisotopic (exact) mass is 250 g/mol. The van der Waals surface area contributed by atoms with Crippen molar-refractivity contribution in [1.29, 1.82) is 0 Å². The highest BCUT2D eigenvalue weighted by Gasteiger charge is 2.15. The van der Waals surface area contributed by atoms with E-state index in [2.05, 4.69) is 10.3 Å². The van der Waals surface area contributed by atoms with E-state index in [4.69, 9.17) is 4.74 Å². The molecule has 1 aromatic rings. The number of hydrogen-bond acceptors (Lipinski definition) is 5. The molecule has 18 heavy (non-hydrogen) atoms. The zero-order valence-corrected chi connectivity index (χ0v) is 10.4. The second kappa shape index (κ2) is 8.38. The van der Waals surface area contributed by atoms with Crippen molar-refractivity contribution >= 4 is 12.2 Å². The van der Waals surface area contributed by atoms with Crippen LogP contribution < -0.4 is 5.32 Å². The summed E-state index contributed by atoms with van der Waals surface area (Å²) >= 11 is 0. The first-order valence-electron chi connectivity index (χ1n) is 5.76. The highest BCUT2D eigenvalue weighted by atomic mass is 16.5. The van der Waals surface area contributed by atoms with Crippen LogP contribution in [0.1, 0.15) is 12.0 Å². The Hall–Kier alpha value is -1.72. The van der Waals surface area contributed by atoms with Crippen molar-refractivity contribution in [1.82, 2.24) is 5.32 Å². The highest BCUT2D eigenvalue weighted by Crippen LogP contribution is 2.01. The predicted octanol–water partition coefficient (Wildman–Crippen LogP) is 0.728. The first kappa shape index (κ1) is 14.3. The molecule has 0 saturated carbocycles. The maximum Gasteiger partial charge on any atom is 0.350 e. The number of aliphatic hydroxyl groups excluding tert-OH is 1. The van der Waals surface area contributed by atoms with Gasteiger partial charge >= 0.3 is 5.97 Å². The van der Waals surface area contributed by atoms with Gasteiger partial charge < -0.3 is 14.8 Å². The maximum absolute atomic E-state index is 11.4. The number of carbonyl (C=O) groups is 1. The van der Waals surface area contributed by atoms with Crippen molar-refractivity contribution in [2.24, 2.45) is 4.99 Å². The molecule has 0 radical (unpaired) electrons. The van der Waals surface area contributed by atoms with Crippen molar-refractivity contribution in [3.63, 3.8) is 0 Å². The SMILES string of the molecule is CN=CCCNC(O)C(=O)OCc1ccccc1. The Morgan fingerprint density at radius 2 is 2.22 bits per heavy atom. The van der Waals surface area contributed by atoms with Gasteiger partial charge in [-0.05, 0) is 18.2 Å². The van der Waals surface area contributed by atoms with Gasteiger partial charge in [-0.15, -0.1) is 0 Å². The van der Waals surface area contributed by atoms with Crippen LogP contribution in [0.15, 0.2) is 35.3 Å². The van der Waals surface area contributed by atoms with Gasteiger partial charge in [0.1, 0.15) is 6.61 Å². The molecule has 0 aromatic heterocycles. The van der Waals surface area contributed by atoms with Crippen LogP contribution in [0.3, 0.4) is 0 Å². The van der Waals surface area contributed by atoms with Crippen molar-refractivity contribution in [2.75, 3.05) is 13.6 Å². The fourth-order valence-electron chi connectivity index (χ4n) is 1.30. The van der Waals surface area contributed by atoms with Gasteiger partial charge in [0.2, 0.25) is 6.23 Å². The minimum Gasteiger partial charge on any atom is -0.458 e. The lowest BCUT2D eigenvalue weighted by molar-refractivity contribution is -0.156. The summed E-state index contributed by atoms with van der Waals surface area (Å²) in [6.07, 6.45) is 1.06. The molecule has 1 aromatic carbocycles. The average Bonchev–Trinajstić information content (AvgIpc) is 2.42. The molecule has 0 heterocycles. The lowest BCUT2D eigenvalue weighted by Crippen LogP contribution is -2.38. The number of rotatable bonds is 7. The summed E-state index contributed by atoms with van der Waals surface area (Å²) in [5.41, 5.74) is 0.885. The van der Waals surface area contributed by atoms with Crippen molar-refractivity contribution in [3.8, 4) is 0 Å². The van der Waals surface area contributed by atoms with E-state index in [1.165, 1.54) is 0 Å². The molecule has 5 heteroatoms. The van der Waals surface area contributed by atoms with Crippen molar-refractivity contribution < 1.29 is 14.6 Å². The molecule has 1 atom stereocenters. The minimum absolute atomic E-state index is 0.162. The zero-order valence-electron chi connectivity index (χ0n) is 10.4. The van der Waals surface area contributed by atoms with Crippen LogP contribution in [0.4, 0.5) is 0 Å². The van der Waals surface area contributed by atoms with E-state index in [-0.39, 0.29) is 6.61 Å². The standard InChI is InChI=1S/C13H18N2O3/c1-14-8-5-9-15-12(16)13(17)18-10-11-6-3-2-4-7-11/h2-4,6-8,12,15-16H,5,9-10H2,1H3. The van der Waals surface area contributed by atoms with Crippen LogP contribution >= 0.6 is 0 Å². The Labute approximate surface area is 107 Å². The van der Waals surface area contributed by atoms with E-state index in [1.54, 1.807) is 13.3 Å². The number of aliphatic imine (C=N–C) groups is 1. The number of nitrogens with zero attached hydrogens (tertiary/aromatic N) is 1. The fraction of sp³-hybridized carbons (Fsp3) is 0.385. The molecule has 0 saturated heterocycles. The van der Waals surface area contributed by atoms with Crippen LogP contribution in [0.2, 0.25) is 0 Å². The summed E-state index contributed by atoms with van der Waals surface area (Å²) in [5.74, 6) is -0.674. The van der Waals surface area contributed by atoms with Gasteiger partial charge in [0.25, 0.3) is 0 Å². The normalized spacial score (nSPS) is 12.6. The second-order valence-electron chi connectivity index (χ2n) is 3.68. The van der Waals surface area contributed by atoms with Gasteiger partial charge in [-0.2, -0.15) is 0 Å². The summed E-state index contributed by atoms with van der Waals surface area (Å²) in [7, 11) is 1.67. The van der Waals surface area contributed by atoms with Crippen LogP contribution in [0.25, 0.3) is 0 Å². The average molecular weight is 250 g/mol. The van der Waals surface area contributed by atoms with E-state index in [0.29, 0.717) is 13.0 Å². The summed E-state index contributed by atoms with van der Waals surface area (Å²) in [5, 5.41) is 12.1. The Bertz CT molecular complexity index is 379. The number of carbonyl (C=O) groups excluding carboxylic acids is 1. The molecular formula is C13H18N2O3. The molecule has 0 amide bonds. The third-order valence-electron chi connectivity index (χ3n) is 2.24. The van der Waals surface area contributed by atoms with Gasteiger partial charge in [-0.1, -0.05) is 30.3 Å². The van der Waals surface area contributed by atoms with E-state index in [0.717, 1.165) is 5.56 Å². The summed E-state index contributed by atoms with van der Waals surface area (Å²) in [6.45, 7) is 0.633. The summed E-state index contributed by atoms with van der Waals surface area (Å²) in [6, 6.07) is 9.32. The van der Waals surface area contributed by atoms with Crippen LogP contribution in [0, 0.1) is 0 Å². The molecule has 98 valence electrons. The first-order chi connectivity index (χ1) is 8.74. The van der Waals surface area contributed by atoms with Gasteiger partial charge in [0, 0.05) is 13.6 Å². The Kier molecular flexibility index (Phi) is 6.68. The largest absolute Gasteiger partial charge is 0.458 e. The highest BCUT2D eigenvalue weighted by molar-refractivity contribution is 5.73. The Morgan fingerprint density at radius 3 is 2.89 bits per heavy atom. The van der Waals surface area contributed by atoms with Gasteiger partial charge in [0.05, 0.1) is 0 Å². The second-order valence-corrected chi connectivity index (χ2v) is 3.68. The topological polar surface area (TPSA) is 70.9 Å². The van der Waals surface area contributed by atoms with E-state index >= 15 is 0 Å². The smallest absolute Gasteiger partial charge is 0.350 e. The summed E-state index contributed by atoms with van der Waals surface area (Å²) < 4.78 is 4.96. The van der Waals surface area contributed by atoms with Crippen LogP contribution in [-0.4, -0.2) is 37.1 Å². The van der Waals surface area contributed by atoms with Gasteiger partial charge in [0.15, 0.2) is 0 Å². The van der Waals surface area contributed by atoms with E-state index in [1.807, 2.05) is 30.3 Å². The molecule has 2 N–H and O–H groups in total. The van der Waals surface area contributed by atoms with Crippen molar-refractivity contribution in [3.05, 3.63) is 35.9 Å². The van der Waals surface area contributed by atoms with Gasteiger partial charge in [-0.3, -0.25) is 5.32 Å². The third-order valence-corrected chi connectivity index (χ3v) is 2.24. The summed E-state index contributed by atoms with van der Waals surface area (Å²) in [4.78, 5) is 15.2. The number of ether oxygens (including phenoxy) is 1. The fourth-order valence-corrected chi connectivity index (χ4v) is 1.30. The number of esters is 1. The molecule has 1 unspecified atom stereocenters. The molecule has 1 rings (SSSR count). The quantitative estimate of drug-likeness (QED) is 0.324. The minimum atomic E-state index is -1.29. The number of hydrogen-bond donors (Lipinski definition) is 2. The van der Waals surface area contributed by atoms with Crippen molar-refractivity contribution in [2.45, 2.75) is 19.3 Å². The van der Waals surface area contributed by atoms with Gasteiger partial charge in [-0.25, -0.2) is 4.79 Å². The van der Waals surface area contributed by atoms with E-state index in [9.17, 15) is 9.90 Å². The number of aliphatic hydroxyl groups is 1. The Morgan fingerprint density at radius 1 is 1.50 bits per heavy atom. The molecule has 0 aliphatic heterocycles. The molecule has 0 fully saturated rings. The first-order valence-corrected chi connectivity index (χ1v) is 5.76. The number of nitrogens with one attached hydrogen (secondary N) is 1. The zero-order chi connectivity index (χ0) is 13.2. The number of benzene rings is 1. The molecule has 0 aliphatic rings. The van der Waals surface area contributed by atoms with E-state index < -0.39 is 12.2 Å². The molecule has 0 spiro atoms. The maximum atomic E-state index is 11.4. The molecule has 5 nitrogen and oxygen atoms in total. The molecule has 0 aliphatic carbocycles. The Balaban J connectivity index is 2.23. The molecular weight excluding hydrogens is 232 g/mol. The lowest BCUT2D eigenvalue weighted by Gasteiger charge is -2.11. The lowest BCUT2D eigenvalue weighted by atomic mass is 10.2. The van der Waals surface area contributed by atoms with Crippen LogP contribution in [-0.2, 0) is 16.1 Å².